The molecule has 0 N–H and O–H groups in total. The third-order valence-corrected chi connectivity index (χ3v) is 4.33. The van der Waals surface area contributed by atoms with Crippen LogP contribution in [0.1, 0.15) is 47.7 Å². The summed E-state index contributed by atoms with van der Waals surface area (Å²) in [4.78, 5) is 16.2. The number of esters is 1. The molecule has 0 atom stereocenters. The molecule has 1 aromatic carbocycles. The van der Waals surface area contributed by atoms with Gasteiger partial charge < -0.3 is 4.74 Å². The molecule has 0 saturated heterocycles. The summed E-state index contributed by atoms with van der Waals surface area (Å²) in [6.45, 7) is 0. The predicted octanol–water partition coefficient (Wildman–Crippen LogP) is 4.33. The van der Waals surface area contributed by atoms with Gasteiger partial charge >= 0.3 is 5.97 Å². The summed E-state index contributed by atoms with van der Waals surface area (Å²) in [7, 11) is 1.39. The van der Waals surface area contributed by atoms with Gasteiger partial charge in [-0.2, -0.15) is 0 Å². The van der Waals surface area contributed by atoms with Crippen molar-refractivity contribution in [3.8, 4) is 0 Å². The summed E-state index contributed by atoms with van der Waals surface area (Å²) in [5, 5.41) is 2.56. The minimum Gasteiger partial charge on any atom is -0.465 e. The van der Waals surface area contributed by atoms with Crippen molar-refractivity contribution in [1.29, 1.82) is 0 Å². The molecule has 0 aliphatic heterocycles. The average Bonchev–Trinajstić information content (AvgIpc) is 3.00. The number of methoxy groups -OCH3 is 1. The van der Waals surface area contributed by atoms with E-state index in [0.29, 0.717) is 16.5 Å². The SMILES string of the molecule is COC(=O)c1ccc2c(Cl)cnc(C3CCCC3)c2c1. The highest BCUT2D eigenvalue weighted by molar-refractivity contribution is 6.35. The Balaban J connectivity index is 2.18. The van der Waals surface area contributed by atoms with Crippen LogP contribution in [0.25, 0.3) is 10.8 Å². The van der Waals surface area contributed by atoms with E-state index in [2.05, 4.69) is 4.98 Å². The molecule has 4 heteroatoms. The van der Waals surface area contributed by atoms with Crippen molar-refractivity contribution in [2.45, 2.75) is 31.6 Å². The number of ether oxygens (including phenoxy) is 1. The van der Waals surface area contributed by atoms with E-state index in [0.717, 1.165) is 29.3 Å². The zero-order chi connectivity index (χ0) is 14.1. The van der Waals surface area contributed by atoms with Crippen LogP contribution in [0.2, 0.25) is 5.02 Å². The first-order chi connectivity index (χ1) is 9.70. The fourth-order valence-corrected chi connectivity index (χ4v) is 3.21. The van der Waals surface area contributed by atoms with Gasteiger partial charge in [0.05, 0.1) is 23.4 Å². The molecule has 2 aromatic rings. The Hall–Kier alpha value is -1.61. The molecular weight excluding hydrogens is 274 g/mol. The molecule has 1 aliphatic rings. The van der Waals surface area contributed by atoms with Crippen LogP contribution in [-0.2, 0) is 4.74 Å². The van der Waals surface area contributed by atoms with E-state index < -0.39 is 0 Å². The molecule has 20 heavy (non-hydrogen) atoms. The number of halogens is 1. The van der Waals surface area contributed by atoms with E-state index in [4.69, 9.17) is 16.3 Å². The van der Waals surface area contributed by atoms with E-state index in [-0.39, 0.29) is 5.97 Å². The quantitative estimate of drug-likeness (QED) is 0.772. The van der Waals surface area contributed by atoms with Crippen molar-refractivity contribution in [3.05, 3.63) is 40.7 Å². The summed E-state index contributed by atoms with van der Waals surface area (Å²) < 4.78 is 4.79. The molecule has 0 spiro atoms. The van der Waals surface area contributed by atoms with Crippen LogP contribution < -0.4 is 0 Å². The molecule has 1 aromatic heterocycles. The fraction of sp³-hybridized carbons (Fsp3) is 0.375. The van der Waals surface area contributed by atoms with Gasteiger partial charge in [-0.15, -0.1) is 0 Å². The lowest BCUT2D eigenvalue weighted by Gasteiger charge is -2.13. The van der Waals surface area contributed by atoms with Crippen LogP contribution in [0, 0.1) is 0 Å². The molecule has 104 valence electrons. The molecule has 0 radical (unpaired) electrons. The lowest BCUT2D eigenvalue weighted by Crippen LogP contribution is -2.03. The van der Waals surface area contributed by atoms with Crippen molar-refractivity contribution < 1.29 is 9.53 Å². The van der Waals surface area contributed by atoms with Gasteiger partial charge in [-0.25, -0.2) is 4.79 Å². The highest BCUT2D eigenvalue weighted by Gasteiger charge is 2.22. The first-order valence-corrected chi connectivity index (χ1v) is 7.25. The fourth-order valence-electron chi connectivity index (χ4n) is 3.00. The van der Waals surface area contributed by atoms with Crippen LogP contribution in [0.15, 0.2) is 24.4 Å². The Labute approximate surface area is 122 Å². The lowest BCUT2D eigenvalue weighted by molar-refractivity contribution is 0.0601. The molecule has 0 unspecified atom stereocenters. The van der Waals surface area contributed by atoms with Crippen LogP contribution in [0.4, 0.5) is 0 Å². The molecule has 1 aliphatic carbocycles. The summed E-state index contributed by atoms with van der Waals surface area (Å²) in [6.07, 6.45) is 6.52. The number of hydrogen-bond donors (Lipinski definition) is 0. The summed E-state index contributed by atoms with van der Waals surface area (Å²) in [6, 6.07) is 5.48. The molecule has 1 heterocycles. The summed E-state index contributed by atoms with van der Waals surface area (Å²) in [5.41, 5.74) is 1.61. The number of nitrogens with zero attached hydrogens (tertiary/aromatic N) is 1. The Morgan fingerprint density at radius 3 is 2.75 bits per heavy atom. The smallest absolute Gasteiger partial charge is 0.337 e. The third-order valence-electron chi connectivity index (χ3n) is 4.03. The topological polar surface area (TPSA) is 39.2 Å². The minimum absolute atomic E-state index is 0.329. The van der Waals surface area contributed by atoms with E-state index in [1.165, 1.54) is 20.0 Å². The Bertz CT molecular complexity index is 663. The van der Waals surface area contributed by atoms with Crippen molar-refractivity contribution >= 4 is 28.3 Å². The minimum atomic E-state index is -0.329. The van der Waals surface area contributed by atoms with Gasteiger partial charge in [0.25, 0.3) is 0 Å². The zero-order valence-corrected chi connectivity index (χ0v) is 12.1. The van der Waals surface area contributed by atoms with Gasteiger partial charge in [0.15, 0.2) is 0 Å². The Kier molecular flexibility index (Phi) is 3.62. The molecule has 3 nitrogen and oxygen atoms in total. The van der Waals surface area contributed by atoms with Crippen molar-refractivity contribution in [1.82, 2.24) is 4.98 Å². The highest BCUT2D eigenvalue weighted by Crippen LogP contribution is 2.38. The van der Waals surface area contributed by atoms with Crippen molar-refractivity contribution in [3.63, 3.8) is 0 Å². The lowest BCUT2D eigenvalue weighted by atomic mass is 9.96. The Morgan fingerprint density at radius 1 is 1.30 bits per heavy atom. The largest absolute Gasteiger partial charge is 0.465 e. The van der Waals surface area contributed by atoms with Crippen molar-refractivity contribution in [2.75, 3.05) is 7.11 Å². The van der Waals surface area contributed by atoms with Gasteiger partial charge in [0.2, 0.25) is 0 Å². The molecule has 1 saturated carbocycles. The first-order valence-electron chi connectivity index (χ1n) is 6.87. The zero-order valence-electron chi connectivity index (χ0n) is 11.4. The number of benzene rings is 1. The second-order valence-corrected chi connectivity index (χ2v) is 5.63. The van der Waals surface area contributed by atoms with Crippen LogP contribution in [0.5, 0.6) is 0 Å². The van der Waals surface area contributed by atoms with E-state index >= 15 is 0 Å². The number of pyridine rings is 1. The van der Waals surface area contributed by atoms with Crippen LogP contribution in [-0.4, -0.2) is 18.1 Å². The molecule has 3 rings (SSSR count). The number of aromatic nitrogens is 1. The number of hydrogen-bond acceptors (Lipinski definition) is 3. The van der Waals surface area contributed by atoms with Gasteiger partial charge in [0.1, 0.15) is 0 Å². The highest BCUT2D eigenvalue weighted by atomic mass is 35.5. The second kappa shape index (κ2) is 5.41. The molecule has 1 fully saturated rings. The number of rotatable bonds is 2. The van der Waals surface area contributed by atoms with Gasteiger partial charge in [0, 0.05) is 22.9 Å². The molecule has 0 amide bonds. The van der Waals surface area contributed by atoms with Gasteiger partial charge in [-0.3, -0.25) is 4.98 Å². The first kappa shape index (κ1) is 13.4. The standard InChI is InChI=1S/C16H16ClNO2/c1-20-16(19)11-6-7-12-13(8-11)15(18-9-14(12)17)10-4-2-3-5-10/h6-10H,2-5H2,1H3. The number of carbonyl (C=O) groups is 1. The molecule has 0 bridgehead atoms. The van der Waals surface area contributed by atoms with Crippen LogP contribution >= 0.6 is 11.6 Å². The average molecular weight is 290 g/mol. The van der Waals surface area contributed by atoms with Gasteiger partial charge in [-0.1, -0.05) is 30.5 Å². The van der Waals surface area contributed by atoms with E-state index in [1.54, 1.807) is 12.3 Å². The normalized spacial score (nSPS) is 15.7. The van der Waals surface area contributed by atoms with E-state index in [9.17, 15) is 4.79 Å². The third kappa shape index (κ3) is 2.27. The summed E-state index contributed by atoms with van der Waals surface area (Å²) in [5.74, 6) is 0.145. The second-order valence-electron chi connectivity index (χ2n) is 5.22. The predicted molar refractivity (Wildman–Crippen MR) is 79.3 cm³/mol. The van der Waals surface area contributed by atoms with Crippen molar-refractivity contribution in [2.24, 2.45) is 0 Å². The number of carbonyl (C=O) groups excluding carboxylic acids is 1. The maximum atomic E-state index is 11.7. The number of fused-ring (bicyclic) bond motifs is 1. The maximum Gasteiger partial charge on any atom is 0.337 e. The van der Waals surface area contributed by atoms with Crippen LogP contribution in [0.3, 0.4) is 0 Å². The Morgan fingerprint density at radius 2 is 2.05 bits per heavy atom. The summed E-state index contributed by atoms with van der Waals surface area (Å²) >= 11 is 6.22. The van der Waals surface area contributed by atoms with Gasteiger partial charge in [-0.05, 0) is 25.0 Å². The molecular formula is C16H16ClNO2. The monoisotopic (exact) mass is 289 g/mol. The van der Waals surface area contributed by atoms with E-state index in [1.807, 2.05) is 12.1 Å². The maximum absolute atomic E-state index is 11.7.